The van der Waals surface area contributed by atoms with Gasteiger partial charge in [0.2, 0.25) is 5.91 Å². The number of anilines is 1. The van der Waals surface area contributed by atoms with Crippen molar-refractivity contribution in [2.75, 3.05) is 18.6 Å². The monoisotopic (exact) mass is 332 g/mol. The summed E-state index contributed by atoms with van der Waals surface area (Å²) >= 11 is 0. The number of pyridine rings is 1. The van der Waals surface area contributed by atoms with Gasteiger partial charge in [0.1, 0.15) is 5.75 Å². The van der Waals surface area contributed by atoms with Crippen LogP contribution in [0.5, 0.6) is 5.75 Å². The van der Waals surface area contributed by atoms with Gasteiger partial charge < -0.3 is 9.64 Å². The van der Waals surface area contributed by atoms with Crippen molar-refractivity contribution in [3.63, 3.8) is 0 Å². The summed E-state index contributed by atoms with van der Waals surface area (Å²) in [7, 11) is 1.65. The standard InChI is InChI=1S/C21H20N2O2/c1-21(13-15-8-10-17(25-2)11-9-15)14-23(20(21)24)18-7-3-5-16-6-4-12-22-19(16)18/h3-12H,13-14H2,1-2H3. The average molecular weight is 332 g/mol. The number of rotatable bonds is 4. The molecule has 0 aliphatic carbocycles. The largest absolute Gasteiger partial charge is 0.497 e. The van der Waals surface area contributed by atoms with Gasteiger partial charge >= 0.3 is 0 Å². The van der Waals surface area contributed by atoms with Crippen LogP contribution in [0.15, 0.2) is 60.8 Å². The molecule has 1 amide bonds. The van der Waals surface area contributed by atoms with Crippen molar-refractivity contribution in [3.8, 4) is 5.75 Å². The van der Waals surface area contributed by atoms with Crippen LogP contribution in [0, 0.1) is 5.41 Å². The number of nitrogens with zero attached hydrogens (tertiary/aromatic N) is 2. The van der Waals surface area contributed by atoms with Gasteiger partial charge in [0.25, 0.3) is 0 Å². The molecule has 1 saturated heterocycles. The summed E-state index contributed by atoms with van der Waals surface area (Å²) in [5.74, 6) is 0.985. The van der Waals surface area contributed by atoms with Crippen LogP contribution in [-0.2, 0) is 11.2 Å². The quantitative estimate of drug-likeness (QED) is 0.682. The van der Waals surface area contributed by atoms with Gasteiger partial charge in [-0.05, 0) is 43.2 Å². The number of amides is 1. The van der Waals surface area contributed by atoms with E-state index < -0.39 is 0 Å². The van der Waals surface area contributed by atoms with Crippen molar-refractivity contribution in [1.82, 2.24) is 4.98 Å². The molecule has 0 radical (unpaired) electrons. The molecule has 126 valence electrons. The number of carbonyl (C=O) groups excluding carboxylic acids is 1. The molecule has 0 saturated carbocycles. The Balaban J connectivity index is 1.57. The number of hydrogen-bond donors (Lipinski definition) is 0. The summed E-state index contributed by atoms with van der Waals surface area (Å²) in [5.41, 5.74) is 2.55. The van der Waals surface area contributed by atoms with Crippen LogP contribution in [-0.4, -0.2) is 24.5 Å². The molecule has 4 heteroatoms. The molecule has 4 nitrogen and oxygen atoms in total. The Kier molecular flexibility index (Phi) is 3.68. The molecule has 0 bridgehead atoms. The lowest BCUT2D eigenvalue weighted by molar-refractivity contribution is -0.133. The predicted octanol–water partition coefficient (Wildman–Crippen LogP) is 3.84. The number of hydrogen-bond acceptors (Lipinski definition) is 3. The molecular weight excluding hydrogens is 312 g/mol. The molecule has 0 N–H and O–H groups in total. The predicted molar refractivity (Wildman–Crippen MR) is 98.9 cm³/mol. The third kappa shape index (κ3) is 2.64. The second-order valence-electron chi connectivity index (χ2n) is 6.83. The van der Waals surface area contributed by atoms with Gasteiger partial charge in [0, 0.05) is 18.1 Å². The van der Waals surface area contributed by atoms with Crippen LogP contribution < -0.4 is 9.64 Å². The maximum absolute atomic E-state index is 12.9. The first-order valence-electron chi connectivity index (χ1n) is 8.39. The van der Waals surface area contributed by atoms with E-state index in [2.05, 4.69) is 4.98 Å². The van der Waals surface area contributed by atoms with Crippen molar-refractivity contribution in [3.05, 3.63) is 66.4 Å². The smallest absolute Gasteiger partial charge is 0.235 e. The number of β-lactam (4-membered cyclic amide) rings is 1. The molecule has 25 heavy (non-hydrogen) atoms. The van der Waals surface area contributed by atoms with Crippen molar-refractivity contribution in [2.24, 2.45) is 5.41 Å². The molecule has 1 aromatic heterocycles. The first-order chi connectivity index (χ1) is 12.1. The van der Waals surface area contributed by atoms with E-state index in [4.69, 9.17) is 4.74 Å². The minimum Gasteiger partial charge on any atom is -0.497 e. The molecule has 2 heterocycles. The Morgan fingerprint density at radius 3 is 2.60 bits per heavy atom. The van der Waals surface area contributed by atoms with Crippen LogP contribution in [0.2, 0.25) is 0 Å². The number of aromatic nitrogens is 1. The lowest BCUT2D eigenvalue weighted by Crippen LogP contribution is -2.61. The van der Waals surface area contributed by atoms with E-state index in [-0.39, 0.29) is 11.3 Å². The summed E-state index contributed by atoms with van der Waals surface area (Å²) in [5, 5.41) is 1.05. The van der Waals surface area contributed by atoms with Gasteiger partial charge in [-0.25, -0.2) is 0 Å². The van der Waals surface area contributed by atoms with Crippen molar-refractivity contribution in [1.29, 1.82) is 0 Å². The first kappa shape index (κ1) is 15.6. The van der Waals surface area contributed by atoms with Gasteiger partial charge in [0.05, 0.1) is 23.7 Å². The number of carbonyl (C=O) groups is 1. The van der Waals surface area contributed by atoms with Crippen LogP contribution in [0.4, 0.5) is 5.69 Å². The van der Waals surface area contributed by atoms with Crippen LogP contribution >= 0.6 is 0 Å². The lowest BCUT2D eigenvalue weighted by Gasteiger charge is -2.47. The third-order valence-electron chi connectivity index (χ3n) is 4.92. The Morgan fingerprint density at radius 1 is 1.12 bits per heavy atom. The molecule has 1 aliphatic heterocycles. The lowest BCUT2D eigenvalue weighted by atomic mass is 9.75. The van der Waals surface area contributed by atoms with Crippen LogP contribution in [0.3, 0.4) is 0 Å². The number of methoxy groups -OCH3 is 1. The normalized spacial score (nSPS) is 19.8. The fourth-order valence-electron chi connectivity index (χ4n) is 3.55. The van der Waals surface area contributed by atoms with E-state index in [0.717, 1.165) is 34.3 Å². The van der Waals surface area contributed by atoms with Crippen molar-refractivity contribution in [2.45, 2.75) is 13.3 Å². The topological polar surface area (TPSA) is 42.4 Å². The summed E-state index contributed by atoms with van der Waals surface area (Å²) in [6.45, 7) is 2.74. The van der Waals surface area contributed by atoms with E-state index in [1.165, 1.54) is 0 Å². The SMILES string of the molecule is COc1ccc(CC2(C)CN(c3cccc4cccnc34)C2=O)cc1. The molecular formula is C21H20N2O2. The van der Waals surface area contributed by atoms with Crippen LogP contribution in [0.25, 0.3) is 10.9 Å². The second kappa shape index (κ2) is 5.88. The highest BCUT2D eigenvalue weighted by atomic mass is 16.5. The Labute approximate surface area is 147 Å². The molecule has 4 rings (SSSR count). The Hall–Kier alpha value is -2.88. The zero-order valence-electron chi connectivity index (χ0n) is 14.4. The summed E-state index contributed by atoms with van der Waals surface area (Å²) < 4.78 is 5.19. The molecule has 3 aromatic rings. The minimum absolute atomic E-state index is 0.154. The summed E-state index contributed by atoms with van der Waals surface area (Å²) in [6, 6.07) is 17.8. The summed E-state index contributed by atoms with van der Waals surface area (Å²) in [6.07, 6.45) is 2.50. The van der Waals surface area contributed by atoms with E-state index in [1.807, 2.05) is 66.4 Å². The molecule has 1 unspecified atom stereocenters. The molecule has 1 fully saturated rings. The van der Waals surface area contributed by atoms with E-state index >= 15 is 0 Å². The number of ether oxygens (including phenoxy) is 1. The number of fused-ring (bicyclic) bond motifs is 1. The molecule has 1 atom stereocenters. The van der Waals surface area contributed by atoms with Gasteiger partial charge in [-0.15, -0.1) is 0 Å². The Bertz CT molecular complexity index is 931. The minimum atomic E-state index is -0.370. The fourth-order valence-corrected chi connectivity index (χ4v) is 3.55. The fraction of sp³-hybridized carbons (Fsp3) is 0.238. The van der Waals surface area contributed by atoms with Crippen molar-refractivity contribution < 1.29 is 9.53 Å². The average Bonchev–Trinajstić information content (AvgIpc) is 2.66. The molecule has 0 spiro atoms. The zero-order chi connectivity index (χ0) is 17.4. The van der Waals surface area contributed by atoms with E-state index in [0.29, 0.717) is 6.54 Å². The van der Waals surface area contributed by atoms with Gasteiger partial charge in [-0.2, -0.15) is 0 Å². The zero-order valence-corrected chi connectivity index (χ0v) is 14.4. The van der Waals surface area contributed by atoms with E-state index in [9.17, 15) is 4.79 Å². The van der Waals surface area contributed by atoms with Crippen LogP contribution in [0.1, 0.15) is 12.5 Å². The van der Waals surface area contributed by atoms with Gasteiger partial charge in [0.15, 0.2) is 0 Å². The third-order valence-corrected chi connectivity index (χ3v) is 4.92. The maximum Gasteiger partial charge on any atom is 0.235 e. The number of benzene rings is 2. The molecule has 1 aliphatic rings. The molecule has 2 aromatic carbocycles. The second-order valence-corrected chi connectivity index (χ2v) is 6.83. The van der Waals surface area contributed by atoms with E-state index in [1.54, 1.807) is 13.3 Å². The number of para-hydroxylation sites is 1. The van der Waals surface area contributed by atoms with Crippen molar-refractivity contribution >= 4 is 22.5 Å². The highest BCUT2D eigenvalue weighted by molar-refractivity contribution is 6.09. The Morgan fingerprint density at radius 2 is 1.88 bits per heavy atom. The highest BCUT2D eigenvalue weighted by Gasteiger charge is 2.49. The van der Waals surface area contributed by atoms with Gasteiger partial charge in [-0.1, -0.05) is 30.3 Å². The highest BCUT2D eigenvalue weighted by Crippen LogP contribution is 2.40. The first-order valence-corrected chi connectivity index (χ1v) is 8.39. The summed E-state index contributed by atoms with van der Waals surface area (Å²) in [4.78, 5) is 19.2. The maximum atomic E-state index is 12.9. The van der Waals surface area contributed by atoms with Gasteiger partial charge in [-0.3, -0.25) is 9.78 Å².